The average Bonchev–Trinajstić information content (AvgIpc) is 2.07. The lowest BCUT2D eigenvalue weighted by atomic mass is 10.3. The molecule has 1 heterocycles. The number of halogens is 4. The third kappa shape index (κ3) is 3.12. The number of aromatic nitrogens is 1. The molecule has 0 saturated heterocycles. The molecule has 80 valence electrons. The van der Waals surface area contributed by atoms with Gasteiger partial charge in [-0.15, -0.1) is 13.2 Å². The Hall–Kier alpha value is -1.24. The lowest BCUT2D eigenvalue weighted by Crippen LogP contribution is -2.19. The fourth-order valence-corrected chi connectivity index (χ4v) is 1.40. The van der Waals surface area contributed by atoms with Gasteiger partial charge in [-0.25, -0.2) is 4.98 Å². The quantitative estimate of drug-likeness (QED) is 0.632. The maximum atomic E-state index is 11.9. The molecule has 0 atom stereocenters. The maximum absolute atomic E-state index is 11.9. The number of nitrogens with zero attached hydrogens (tertiary/aromatic N) is 2. The summed E-state index contributed by atoms with van der Waals surface area (Å²) in [6.45, 7) is 0. The highest BCUT2D eigenvalue weighted by atomic mass is 127. The molecular weight excluding hydrogens is 326 g/mol. The zero-order valence-corrected chi connectivity index (χ0v) is 9.13. The van der Waals surface area contributed by atoms with Crippen LogP contribution in [0.3, 0.4) is 0 Å². The van der Waals surface area contributed by atoms with E-state index in [4.69, 9.17) is 11.0 Å². The van der Waals surface area contributed by atoms with Gasteiger partial charge in [0.2, 0.25) is 0 Å². The molecule has 0 fully saturated rings. The fraction of sp³-hybridized carbons (Fsp3) is 0.143. The zero-order chi connectivity index (χ0) is 11.6. The Labute approximate surface area is 96.0 Å². The maximum Gasteiger partial charge on any atom is 0.573 e. The van der Waals surface area contributed by atoms with Crippen LogP contribution in [0.5, 0.6) is 5.75 Å². The molecule has 8 heteroatoms. The van der Waals surface area contributed by atoms with Crippen molar-refractivity contribution in [2.24, 2.45) is 0 Å². The molecule has 0 bridgehead atoms. The zero-order valence-electron chi connectivity index (χ0n) is 6.97. The van der Waals surface area contributed by atoms with Crippen molar-refractivity contribution in [3.05, 3.63) is 15.5 Å². The predicted octanol–water partition coefficient (Wildman–Crippen LogP) is 2.04. The van der Waals surface area contributed by atoms with Gasteiger partial charge in [-0.3, -0.25) is 0 Å². The van der Waals surface area contributed by atoms with E-state index in [0.717, 1.165) is 0 Å². The molecule has 0 saturated carbocycles. The van der Waals surface area contributed by atoms with E-state index in [9.17, 15) is 13.2 Å². The molecule has 1 rings (SSSR count). The standard InChI is InChI=1S/C7H3F3IN3O/c8-7(9,10)15-6-3(13)1-5(11)14-4(6)2-12/h1H,(H2,13,14). The number of nitrogen functional groups attached to an aromatic ring is 1. The molecular formula is C7H3F3IN3O. The average molecular weight is 329 g/mol. The van der Waals surface area contributed by atoms with Gasteiger partial charge >= 0.3 is 6.36 Å². The van der Waals surface area contributed by atoms with Crippen molar-refractivity contribution in [2.75, 3.05) is 5.73 Å². The number of alkyl halides is 3. The van der Waals surface area contributed by atoms with Crippen LogP contribution in [-0.2, 0) is 0 Å². The Morgan fingerprint density at radius 1 is 1.53 bits per heavy atom. The van der Waals surface area contributed by atoms with Gasteiger partial charge in [0.05, 0.1) is 5.69 Å². The summed E-state index contributed by atoms with van der Waals surface area (Å²) in [6.07, 6.45) is -4.89. The number of anilines is 1. The van der Waals surface area contributed by atoms with Crippen LogP contribution in [0.25, 0.3) is 0 Å². The second-order valence-corrected chi connectivity index (χ2v) is 3.48. The van der Waals surface area contributed by atoms with Gasteiger partial charge in [-0.2, -0.15) is 5.26 Å². The second-order valence-electron chi connectivity index (χ2n) is 2.37. The van der Waals surface area contributed by atoms with Crippen LogP contribution >= 0.6 is 22.6 Å². The molecule has 0 aromatic carbocycles. The first kappa shape index (κ1) is 11.8. The van der Waals surface area contributed by atoms with Gasteiger partial charge in [0.1, 0.15) is 9.77 Å². The van der Waals surface area contributed by atoms with Crippen molar-refractivity contribution >= 4 is 28.3 Å². The topological polar surface area (TPSA) is 71.9 Å². The molecule has 0 amide bonds. The molecule has 0 aliphatic carbocycles. The van der Waals surface area contributed by atoms with Crippen LogP contribution in [0.4, 0.5) is 18.9 Å². The van der Waals surface area contributed by atoms with Gasteiger partial charge in [0, 0.05) is 0 Å². The highest BCUT2D eigenvalue weighted by Crippen LogP contribution is 2.31. The SMILES string of the molecule is N#Cc1nc(I)cc(N)c1OC(F)(F)F. The van der Waals surface area contributed by atoms with Gasteiger partial charge in [0.25, 0.3) is 0 Å². The lowest BCUT2D eigenvalue weighted by molar-refractivity contribution is -0.274. The highest BCUT2D eigenvalue weighted by molar-refractivity contribution is 14.1. The van der Waals surface area contributed by atoms with E-state index < -0.39 is 17.8 Å². The van der Waals surface area contributed by atoms with Gasteiger partial charge < -0.3 is 10.5 Å². The molecule has 4 nitrogen and oxygen atoms in total. The van der Waals surface area contributed by atoms with Crippen LogP contribution in [0.2, 0.25) is 0 Å². The molecule has 2 N–H and O–H groups in total. The van der Waals surface area contributed by atoms with Crippen LogP contribution in [-0.4, -0.2) is 11.3 Å². The minimum absolute atomic E-state index is 0.275. The van der Waals surface area contributed by atoms with Crippen molar-refractivity contribution in [2.45, 2.75) is 6.36 Å². The van der Waals surface area contributed by atoms with E-state index in [2.05, 4.69) is 9.72 Å². The van der Waals surface area contributed by atoms with Crippen molar-refractivity contribution in [1.29, 1.82) is 5.26 Å². The Balaban J connectivity index is 3.23. The smallest absolute Gasteiger partial charge is 0.400 e. The number of hydrogen-bond acceptors (Lipinski definition) is 4. The van der Waals surface area contributed by atoms with Crippen molar-refractivity contribution in [3.63, 3.8) is 0 Å². The molecule has 0 unspecified atom stereocenters. The first-order valence-electron chi connectivity index (χ1n) is 3.45. The Morgan fingerprint density at radius 3 is 2.60 bits per heavy atom. The Morgan fingerprint density at radius 2 is 2.13 bits per heavy atom. The van der Waals surface area contributed by atoms with E-state index in [1.165, 1.54) is 12.1 Å². The molecule has 1 aromatic rings. The largest absolute Gasteiger partial charge is 0.573 e. The Bertz CT molecular complexity index is 427. The molecule has 0 radical (unpaired) electrons. The summed E-state index contributed by atoms with van der Waals surface area (Å²) in [5.74, 6) is -0.759. The lowest BCUT2D eigenvalue weighted by Gasteiger charge is -2.11. The summed E-state index contributed by atoms with van der Waals surface area (Å²) >= 11 is 1.73. The van der Waals surface area contributed by atoms with E-state index in [-0.39, 0.29) is 5.69 Å². The van der Waals surface area contributed by atoms with Crippen LogP contribution in [0.1, 0.15) is 5.69 Å². The van der Waals surface area contributed by atoms with Crippen LogP contribution < -0.4 is 10.5 Å². The summed E-state index contributed by atoms with van der Waals surface area (Å²) in [5.41, 5.74) is 4.52. The summed E-state index contributed by atoms with van der Waals surface area (Å²) in [7, 11) is 0. The summed E-state index contributed by atoms with van der Waals surface area (Å²) < 4.78 is 39.7. The van der Waals surface area contributed by atoms with E-state index in [0.29, 0.717) is 3.70 Å². The van der Waals surface area contributed by atoms with Crippen molar-refractivity contribution < 1.29 is 17.9 Å². The first-order valence-corrected chi connectivity index (χ1v) is 4.53. The van der Waals surface area contributed by atoms with Crippen molar-refractivity contribution in [3.8, 4) is 11.8 Å². The summed E-state index contributed by atoms with van der Waals surface area (Å²) in [6, 6.07) is 2.66. The normalized spacial score (nSPS) is 10.9. The van der Waals surface area contributed by atoms with Gasteiger partial charge in [0.15, 0.2) is 11.4 Å². The van der Waals surface area contributed by atoms with E-state index in [1.54, 1.807) is 22.6 Å². The fourth-order valence-electron chi connectivity index (χ4n) is 0.819. The molecule has 1 aromatic heterocycles. The van der Waals surface area contributed by atoms with E-state index >= 15 is 0 Å². The molecule has 0 aliphatic heterocycles. The minimum Gasteiger partial charge on any atom is -0.400 e. The van der Waals surface area contributed by atoms with Gasteiger partial charge in [-0.05, 0) is 28.7 Å². The highest BCUT2D eigenvalue weighted by Gasteiger charge is 2.33. The predicted molar refractivity (Wildman–Crippen MR) is 52.8 cm³/mol. The van der Waals surface area contributed by atoms with Gasteiger partial charge in [-0.1, -0.05) is 0 Å². The van der Waals surface area contributed by atoms with Crippen molar-refractivity contribution in [1.82, 2.24) is 4.98 Å². The van der Waals surface area contributed by atoms with Crippen LogP contribution in [0, 0.1) is 15.0 Å². The third-order valence-electron chi connectivity index (χ3n) is 1.29. The third-order valence-corrected chi connectivity index (χ3v) is 1.85. The molecule has 0 spiro atoms. The second kappa shape index (κ2) is 4.09. The summed E-state index contributed by atoms with van der Waals surface area (Å²) in [4.78, 5) is 3.56. The number of pyridine rings is 1. The molecule has 15 heavy (non-hydrogen) atoms. The first-order chi connectivity index (χ1) is 6.83. The van der Waals surface area contributed by atoms with Crippen LogP contribution in [0.15, 0.2) is 6.07 Å². The summed E-state index contributed by atoms with van der Waals surface area (Å²) in [5, 5.41) is 8.55. The Kier molecular flexibility index (Phi) is 3.23. The minimum atomic E-state index is -4.89. The number of ether oxygens (including phenoxy) is 1. The number of nitrogens with two attached hydrogens (primary N) is 1. The monoisotopic (exact) mass is 329 g/mol. The number of nitriles is 1. The van der Waals surface area contributed by atoms with E-state index in [1.807, 2.05) is 0 Å². The number of hydrogen-bond donors (Lipinski definition) is 1. The molecule has 0 aliphatic rings. The number of rotatable bonds is 1.